The van der Waals surface area contributed by atoms with E-state index in [0.29, 0.717) is 5.56 Å². The minimum atomic E-state index is -3.65. The summed E-state index contributed by atoms with van der Waals surface area (Å²) in [5.41, 5.74) is 0.649. The van der Waals surface area contributed by atoms with Crippen molar-refractivity contribution in [3.05, 3.63) is 36.2 Å². The fraction of sp³-hybridized carbons (Fsp3) is 0.100. The largest absolute Gasteiger partial charge is 0.264 e. The van der Waals surface area contributed by atoms with Gasteiger partial charge in [-0.05, 0) is 36.1 Å². The van der Waals surface area contributed by atoms with Crippen molar-refractivity contribution in [2.75, 3.05) is 0 Å². The zero-order chi connectivity index (χ0) is 11.1. The molecule has 0 amide bonds. The molecule has 78 valence electrons. The number of aromatic nitrogens is 1. The highest BCUT2D eigenvalue weighted by atomic mass is 32.2. The second kappa shape index (κ2) is 3.29. The topological polar surface area (TPSA) is 73.0 Å². The van der Waals surface area contributed by atoms with Gasteiger partial charge in [0.25, 0.3) is 0 Å². The molecule has 4 nitrogen and oxygen atoms in total. The Hall–Kier alpha value is -1.46. The van der Waals surface area contributed by atoms with E-state index < -0.39 is 10.0 Å². The van der Waals surface area contributed by atoms with E-state index in [1.165, 1.54) is 0 Å². The minimum absolute atomic E-state index is 0.156. The smallest absolute Gasteiger partial charge is 0.238 e. The third-order valence-electron chi connectivity index (χ3n) is 2.24. The molecule has 1 aromatic carbocycles. The highest BCUT2D eigenvalue weighted by molar-refractivity contribution is 7.89. The average Bonchev–Trinajstić information content (AvgIpc) is 2.15. The highest BCUT2D eigenvalue weighted by Crippen LogP contribution is 2.21. The summed E-state index contributed by atoms with van der Waals surface area (Å²) in [6.07, 6.45) is 3.28. The number of pyridine rings is 1. The Morgan fingerprint density at radius 2 is 2.00 bits per heavy atom. The van der Waals surface area contributed by atoms with Gasteiger partial charge in [0, 0.05) is 17.8 Å². The molecule has 0 radical (unpaired) electrons. The number of fused-ring (bicyclic) bond motifs is 1. The zero-order valence-corrected chi connectivity index (χ0v) is 8.95. The summed E-state index contributed by atoms with van der Waals surface area (Å²) >= 11 is 0. The van der Waals surface area contributed by atoms with E-state index in [1.807, 2.05) is 6.07 Å². The Morgan fingerprint density at radius 1 is 1.27 bits per heavy atom. The van der Waals surface area contributed by atoms with E-state index in [-0.39, 0.29) is 4.90 Å². The first-order valence-electron chi connectivity index (χ1n) is 4.35. The Labute approximate surface area is 87.8 Å². The number of rotatable bonds is 1. The van der Waals surface area contributed by atoms with Gasteiger partial charge in [-0.15, -0.1) is 0 Å². The molecule has 0 aliphatic carbocycles. The summed E-state index contributed by atoms with van der Waals surface area (Å²) in [7, 11) is -3.65. The Morgan fingerprint density at radius 3 is 2.67 bits per heavy atom. The number of benzene rings is 1. The predicted molar refractivity (Wildman–Crippen MR) is 57.9 cm³/mol. The lowest BCUT2D eigenvalue weighted by molar-refractivity contribution is 0.597. The van der Waals surface area contributed by atoms with Crippen LogP contribution in [0.15, 0.2) is 35.5 Å². The van der Waals surface area contributed by atoms with Gasteiger partial charge in [-0.2, -0.15) is 0 Å². The monoisotopic (exact) mass is 222 g/mol. The van der Waals surface area contributed by atoms with Crippen LogP contribution in [0.25, 0.3) is 10.8 Å². The first kappa shape index (κ1) is 10.1. The van der Waals surface area contributed by atoms with Crippen molar-refractivity contribution in [3.63, 3.8) is 0 Å². The second-order valence-corrected chi connectivity index (χ2v) is 4.92. The fourth-order valence-electron chi connectivity index (χ4n) is 1.54. The van der Waals surface area contributed by atoms with E-state index in [0.717, 1.165) is 10.8 Å². The SMILES string of the molecule is Cc1cc2ccncc2cc1S(N)(=O)=O. The first-order valence-corrected chi connectivity index (χ1v) is 5.90. The van der Waals surface area contributed by atoms with Crippen molar-refractivity contribution in [1.29, 1.82) is 0 Å². The molecule has 0 aliphatic heterocycles. The van der Waals surface area contributed by atoms with Crippen molar-refractivity contribution in [1.82, 2.24) is 4.98 Å². The van der Waals surface area contributed by atoms with Crippen LogP contribution in [0.3, 0.4) is 0 Å². The molecule has 0 atom stereocenters. The Kier molecular flexibility index (Phi) is 2.21. The van der Waals surface area contributed by atoms with E-state index >= 15 is 0 Å². The summed E-state index contributed by atoms with van der Waals surface area (Å²) in [6.45, 7) is 1.72. The van der Waals surface area contributed by atoms with Crippen LogP contribution in [0.5, 0.6) is 0 Å². The molecular weight excluding hydrogens is 212 g/mol. The van der Waals surface area contributed by atoms with E-state index in [2.05, 4.69) is 4.98 Å². The average molecular weight is 222 g/mol. The normalized spacial score (nSPS) is 11.9. The number of aryl methyl sites for hydroxylation is 1. The fourth-order valence-corrected chi connectivity index (χ4v) is 2.33. The van der Waals surface area contributed by atoms with Crippen LogP contribution in [0.4, 0.5) is 0 Å². The number of primary sulfonamides is 1. The van der Waals surface area contributed by atoms with Gasteiger partial charge in [-0.25, -0.2) is 13.6 Å². The lowest BCUT2D eigenvalue weighted by atomic mass is 10.1. The molecule has 0 fully saturated rings. The molecule has 2 N–H and O–H groups in total. The van der Waals surface area contributed by atoms with Gasteiger partial charge >= 0.3 is 0 Å². The van der Waals surface area contributed by atoms with Gasteiger partial charge in [0.15, 0.2) is 0 Å². The van der Waals surface area contributed by atoms with Crippen LogP contribution in [0.2, 0.25) is 0 Å². The lowest BCUT2D eigenvalue weighted by Gasteiger charge is -2.05. The number of hydrogen-bond donors (Lipinski definition) is 1. The Bertz CT molecular complexity index is 620. The maximum atomic E-state index is 11.3. The predicted octanol–water partition coefficient (Wildman–Crippen LogP) is 1.19. The molecule has 1 heterocycles. The van der Waals surface area contributed by atoms with Gasteiger partial charge in [0.2, 0.25) is 10.0 Å². The molecule has 0 saturated heterocycles. The summed E-state index contributed by atoms with van der Waals surface area (Å²) in [4.78, 5) is 4.09. The van der Waals surface area contributed by atoms with Crippen LogP contribution < -0.4 is 5.14 Å². The van der Waals surface area contributed by atoms with Gasteiger partial charge < -0.3 is 0 Å². The maximum absolute atomic E-state index is 11.3. The molecular formula is C10H10N2O2S. The second-order valence-electron chi connectivity index (χ2n) is 3.39. The molecule has 0 saturated carbocycles. The van der Waals surface area contributed by atoms with E-state index in [1.54, 1.807) is 31.5 Å². The van der Waals surface area contributed by atoms with E-state index in [4.69, 9.17) is 5.14 Å². The van der Waals surface area contributed by atoms with Crippen LogP contribution in [-0.4, -0.2) is 13.4 Å². The van der Waals surface area contributed by atoms with Crippen LogP contribution in [0.1, 0.15) is 5.56 Å². The minimum Gasteiger partial charge on any atom is -0.264 e. The van der Waals surface area contributed by atoms with Gasteiger partial charge in [0.05, 0.1) is 4.90 Å². The third kappa shape index (κ3) is 1.84. The molecule has 0 bridgehead atoms. The van der Waals surface area contributed by atoms with Crippen molar-refractivity contribution in [3.8, 4) is 0 Å². The highest BCUT2D eigenvalue weighted by Gasteiger charge is 2.12. The lowest BCUT2D eigenvalue weighted by Crippen LogP contribution is -2.13. The molecule has 2 rings (SSSR count). The Balaban J connectivity index is 2.84. The van der Waals surface area contributed by atoms with Crippen molar-refractivity contribution in [2.24, 2.45) is 5.14 Å². The third-order valence-corrected chi connectivity index (χ3v) is 3.29. The van der Waals surface area contributed by atoms with Gasteiger partial charge in [-0.1, -0.05) is 0 Å². The van der Waals surface area contributed by atoms with Crippen LogP contribution in [0, 0.1) is 6.92 Å². The molecule has 5 heteroatoms. The van der Waals surface area contributed by atoms with Crippen molar-refractivity contribution in [2.45, 2.75) is 11.8 Å². The molecule has 0 aliphatic rings. The molecule has 15 heavy (non-hydrogen) atoms. The number of hydrogen-bond acceptors (Lipinski definition) is 3. The van der Waals surface area contributed by atoms with Gasteiger partial charge in [0.1, 0.15) is 0 Å². The number of sulfonamides is 1. The maximum Gasteiger partial charge on any atom is 0.238 e. The van der Waals surface area contributed by atoms with Gasteiger partial charge in [-0.3, -0.25) is 4.98 Å². The number of nitrogens with zero attached hydrogens (tertiary/aromatic N) is 1. The summed E-state index contributed by atoms with van der Waals surface area (Å²) in [6, 6.07) is 5.17. The van der Waals surface area contributed by atoms with Crippen LogP contribution >= 0.6 is 0 Å². The molecule has 2 aromatic rings. The molecule has 0 spiro atoms. The number of nitrogens with two attached hydrogens (primary N) is 1. The molecule has 0 unspecified atom stereocenters. The zero-order valence-electron chi connectivity index (χ0n) is 8.14. The van der Waals surface area contributed by atoms with Crippen molar-refractivity contribution < 1.29 is 8.42 Å². The summed E-state index contributed by atoms with van der Waals surface area (Å²) < 4.78 is 22.5. The van der Waals surface area contributed by atoms with Crippen LogP contribution in [-0.2, 0) is 10.0 Å². The standard InChI is InChI=1S/C10H10N2O2S/c1-7-4-8-2-3-12-6-9(8)5-10(7)15(11,13)14/h2-6H,1H3,(H2,11,13,14). The molecule has 1 aromatic heterocycles. The first-order chi connectivity index (χ1) is 6.98. The summed E-state index contributed by atoms with van der Waals surface area (Å²) in [5, 5.41) is 6.82. The quantitative estimate of drug-likeness (QED) is 0.787. The van der Waals surface area contributed by atoms with Crippen molar-refractivity contribution >= 4 is 20.8 Å². The van der Waals surface area contributed by atoms with E-state index in [9.17, 15) is 8.42 Å². The summed E-state index contributed by atoms with van der Waals surface area (Å²) in [5.74, 6) is 0.